The van der Waals surface area contributed by atoms with Crippen molar-refractivity contribution in [2.45, 2.75) is 63.8 Å². The topological polar surface area (TPSA) is 111 Å². The average molecular weight is 470 g/mol. The van der Waals surface area contributed by atoms with Crippen LogP contribution in [0.3, 0.4) is 0 Å². The van der Waals surface area contributed by atoms with Crippen molar-refractivity contribution in [3.8, 4) is 0 Å². The van der Waals surface area contributed by atoms with Crippen LogP contribution in [0.1, 0.15) is 43.8 Å². The number of nitrogens with zero attached hydrogens (tertiary/aromatic N) is 4. The molecule has 1 aliphatic heterocycles. The highest BCUT2D eigenvalue weighted by Crippen LogP contribution is 2.42. The predicted octanol–water partition coefficient (Wildman–Crippen LogP) is 3.75. The van der Waals surface area contributed by atoms with E-state index < -0.39 is 14.5 Å². The summed E-state index contributed by atoms with van der Waals surface area (Å²) < 4.78 is 14.6. The van der Waals surface area contributed by atoms with Gasteiger partial charge in [0, 0.05) is 12.0 Å². The highest BCUT2D eigenvalue weighted by molar-refractivity contribution is 6.74. The number of benzene rings is 1. The zero-order valence-electron chi connectivity index (χ0n) is 19.6. The number of carbonyl (C=O) groups is 1. The van der Waals surface area contributed by atoms with Crippen LogP contribution < -0.4 is 5.32 Å². The molecule has 2 aromatic heterocycles. The minimum atomic E-state index is -2.09. The molecule has 2 N–H and O–H groups in total. The lowest BCUT2D eigenvalue weighted by Gasteiger charge is -2.39. The smallest absolute Gasteiger partial charge is 0.256 e. The summed E-state index contributed by atoms with van der Waals surface area (Å²) in [4.78, 5) is 25.7. The molecule has 3 atom stereocenters. The first-order valence-electron chi connectivity index (χ1n) is 11.1. The Morgan fingerprint density at radius 3 is 2.64 bits per heavy atom. The number of amides is 1. The minimum Gasteiger partial charge on any atom is -0.409 e. The summed E-state index contributed by atoms with van der Waals surface area (Å²) in [6.07, 6.45) is 2.52. The number of aliphatic hydroxyl groups excluding tert-OH is 1. The van der Waals surface area contributed by atoms with Crippen LogP contribution in [-0.4, -0.2) is 57.7 Å². The van der Waals surface area contributed by atoms with Gasteiger partial charge in [0.25, 0.3) is 5.91 Å². The van der Waals surface area contributed by atoms with Crippen molar-refractivity contribution in [2.24, 2.45) is 0 Å². The van der Waals surface area contributed by atoms with Crippen molar-refractivity contribution in [1.82, 2.24) is 19.5 Å². The molecule has 0 radical (unpaired) electrons. The van der Waals surface area contributed by atoms with Gasteiger partial charge in [-0.1, -0.05) is 39.0 Å². The summed E-state index contributed by atoms with van der Waals surface area (Å²) in [5.41, 5.74) is 1.51. The molecular weight excluding hydrogens is 438 g/mol. The number of anilines is 1. The van der Waals surface area contributed by atoms with Crippen LogP contribution in [-0.2, 0) is 9.16 Å². The first-order valence-corrected chi connectivity index (χ1v) is 14.0. The molecule has 3 heterocycles. The van der Waals surface area contributed by atoms with Gasteiger partial charge in [-0.3, -0.25) is 9.36 Å². The minimum absolute atomic E-state index is 0.0307. The summed E-state index contributed by atoms with van der Waals surface area (Å²) in [6, 6.07) is 8.92. The largest absolute Gasteiger partial charge is 0.409 e. The predicted molar refractivity (Wildman–Crippen MR) is 127 cm³/mol. The van der Waals surface area contributed by atoms with Crippen LogP contribution in [0.4, 0.5) is 5.82 Å². The fraction of sp³-hybridized carbons (Fsp3) is 0.478. The van der Waals surface area contributed by atoms with Gasteiger partial charge >= 0.3 is 0 Å². The Morgan fingerprint density at radius 1 is 1.24 bits per heavy atom. The number of imidazole rings is 1. The summed E-state index contributed by atoms with van der Waals surface area (Å²) >= 11 is 0. The highest BCUT2D eigenvalue weighted by Gasteiger charge is 2.45. The lowest BCUT2D eigenvalue weighted by Crippen LogP contribution is -2.45. The summed E-state index contributed by atoms with van der Waals surface area (Å²) in [7, 11) is -2.09. The maximum absolute atomic E-state index is 12.6. The highest BCUT2D eigenvalue weighted by atomic mass is 28.4. The lowest BCUT2D eigenvalue weighted by atomic mass is 10.2. The van der Waals surface area contributed by atoms with Gasteiger partial charge in [0.1, 0.15) is 6.33 Å². The fourth-order valence-corrected chi connectivity index (χ4v) is 4.96. The SMILES string of the molecule is CC(C)(C)[Si](C)(C)O[C@@H]1C[C@H](CO)O[C@H]1n1cnc2c(NC(=O)c3ccccc3)ncnc21. The van der Waals surface area contributed by atoms with Gasteiger partial charge in [0.15, 0.2) is 31.5 Å². The molecule has 4 rings (SSSR count). The van der Waals surface area contributed by atoms with Crippen molar-refractivity contribution < 1.29 is 19.1 Å². The molecule has 176 valence electrons. The second-order valence-electron chi connectivity index (χ2n) is 9.85. The number of carbonyl (C=O) groups excluding carboxylic acids is 1. The van der Waals surface area contributed by atoms with Gasteiger partial charge in [-0.2, -0.15) is 0 Å². The third-order valence-corrected chi connectivity index (χ3v) is 11.0. The van der Waals surface area contributed by atoms with Gasteiger partial charge in [-0.05, 0) is 30.3 Å². The van der Waals surface area contributed by atoms with Crippen LogP contribution in [0.2, 0.25) is 18.1 Å². The van der Waals surface area contributed by atoms with E-state index in [4.69, 9.17) is 9.16 Å². The van der Waals surface area contributed by atoms with Gasteiger partial charge in [0.2, 0.25) is 0 Å². The summed E-state index contributed by atoms with van der Waals surface area (Å²) in [6.45, 7) is 10.9. The van der Waals surface area contributed by atoms with Crippen LogP contribution in [0.5, 0.6) is 0 Å². The Kier molecular flexibility index (Phi) is 6.36. The van der Waals surface area contributed by atoms with Crippen LogP contribution in [0.25, 0.3) is 11.2 Å². The van der Waals surface area contributed by atoms with Crippen molar-refractivity contribution in [3.05, 3.63) is 48.5 Å². The van der Waals surface area contributed by atoms with E-state index in [0.29, 0.717) is 29.0 Å². The molecule has 1 fully saturated rings. The molecule has 3 aromatic rings. The van der Waals surface area contributed by atoms with E-state index in [-0.39, 0.29) is 29.8 Å². The number of ether oxygens (including phenoxy) is 1. The van der Waals surface area contributed by atoms with E-state index >= 15 is 0 Å². The zero-order valence-corrected chi connectivity index (χ0v) is 20.6. The zero-order chi connectivity index (χ0) is 23.8. The maximum atomic E-state index is 12.6. The number of rotatable bonds is 6. The van der Waals surface area contributed by atoms with E-state index in [0.717, 1.165) is 0 Å². The van der Waals surface area contributed by atoms with E-state index in [1.807, 2.05) is 10.6 Å². The summed E-state index contributed by atoms with van der Waals surface area (Å²) in [5, 5.41) is 12.6. The van der Waals surface area contributed by atoms with Crippen LogP contribution >= 0.6 is 0 Å². The second kappa shape index (κ2) is 8.94. The molecule has 0 aliphatic carbocycles. The van der Waals surface area contributed by atoms with E-state index in [9.17, 15) is 9.90 Å². The number of hydrogen-bond donors (Lipinski definition) is 2. The molecule has 1 saturated heterocycles. The third kappa shape index (κ3) is 4.69. The summed E-state index contributed by atoms with van der Waals surface area (Å²) in [5.74, 6) is 0.0490. The van der Waals surface area contributed by atoms with Gasteiger partial charge in [-0.15, -0.1) is 0 Å². The van der Waals surface area contributed by atoms with Gasteiger partial charge in [-0.25, -0.2) is 15.0 Å². The number of aliphatic hydroxyl groups is 1. The molecule has 1 aliphatic rings. The number of hydrogen-bond acceptors (Lipinski definition) is 7. The average Bonchev–Trinajstić information content (AvgIpc) is 3.37. The molecule has 0 unspecified atom stereocenters. The quantitative estimate of drug-likeness (QED) is 0.529. The fourth-order valence-electron chi connectivity index (χ4n) is 3.64. The first-order chi connectivity index (χ1) is 15.6. The molecule has 9 nitrogen and oxygen atoms in total. The van der Waals surface area contributed by atoms with E-state index in [2.05, 4.69) is 54.1 Å². The molecular formula is C23H31N5O4Si. The molecule has 0 spiro atoms. The first kappa shape index (κ1) is 23.5. The Balaban J connectivity index is 1.64. The van der Waals surface area contributed by atoms with Crippen molar-refractivity contribution in [1.29, 1.82) is 0 Å². The third-order valence-electron chi connectivity index (χ3n) is 6.50. The Morgan fingerprint density at radius 2 is 1.97 bits per heavy atom. The lowest BCUT2D eigenvalue weighted by molar-refractivity contribution is -0.0460. The standard InChI is InChI=1S/C23H31N5O4Si/c1-23(2,3)33(4,5)32-17-11-16(12-29)31-22(17)28-14-26-18-19(24-13-25-20(18)28)27-21(30)15-9-7-6-8-10-15/h6-10,13-14,16-17,22,29H,11-12H2,1-5H3,(H,24,25,27,30)/t16-,17-,22-/m1/s1. The molecule has 0 bridgehead atoms. The van der Waals surface area contributed by atoms with Gasteiger partial charge < -0.3 is 19.6 Å². The van der Waals surface area contributed by atoms with Crippen molar-refractivity contribution in [2.75, 3.05) is 11.9 Å². The van der Waals surface area contributed by atoms with Crippen LogP contribution in [0.15, 0.2) is 43.0 Å². The monoisotopic (exact) mass is 469 g/mol. The number of fused-ring (bicyclic) bond motifs is 1. The molecule has 1 amide bonds. The molecule has 1 aromatic carbocycles. The maximum Gasteiger partial charge on any atom is 0.256 e. The van der Waals surface area contributed by atoms with Crippen molar-refractivity contribution >= 4 is 31.2 Å². The number of aromatic nitrogens is 4. The normalized spacial score (nSPS) is 21.5. The van der Waals surface area contributed by atoms with E-state index in [1.165, 1.54) is 6.33 Å². The molecule has 0 saturated carbocycles. The second-order valence-corrected chi connectivity index (χ2v) is 14.6. The number of nitrogens with one attached hydrogen (secondary N) is 1. The Bertz CT molecular complexity index is 1130. The molecule has 10 heteroatoms. The van der Waals surface area contributed by atoms with Crippen LogP contribution in [0, 0.1) is 0 Å². The van der Waals surface area contributed by atoms with E-state index in [1.54, 1.807) is 30.6 Å². The Hall–Kier alpha value is -2.66. The molecule has 33 heavy (non-hydrogen) atoms. The Labute approximate surface area is 194 Å². The van der Waals surface area contributed by atoms with Gasteiger partial charge in [0.05, 0.1) is 25.1 Å². The van der Waals surface area contributed by atoms with Crippen molar-refractivity contribution in [3.63, 3.8) is 0 Å².